The topological polar surface area (TPSA) is 53.1 Å². The molecule has 3 rings (SSSR count). The molecule has 2 aliphatic rings. The zero-order chi connectivity index (χ0) is 20.1. The van der Waals surface area contributed by atoms with Crippen LogP contribution in [-0.2, 0) is 16.1 Å². The van der Waals surface area contributed by atoms with Crippen molar-refractivity contribution in [3.05, 3.63) is 29.8 Å². The fourth-order valence-electron chi connectivity index (χ4n) is 3.85. The van der Waals surface area contributed by atoms with Gasteiger partial charge < -0.3 is 14.5 Å². The zero-order valence-electron chi connectivity index (χ0n) is 17.4. The molecule has 1 fully saturated rings. The number of nitrogens with zero attached hydrogens (tertiary/aromatic N) is 3. The average molecular weight is 388 g/mol. The number of para-hydroxylation sites is 1. The highest BCUT2D eigenvalue weighted by molar-refractivity contribution is 5.97. The van der Waals surface area contributed by atoms with E-state index in [0.29, 0.717) is 13.1 Å². The Hall–Kier alpha value is -2.08. The number of anilines is 1. The molecule has 0 spiro atoms. The first kappa shape index (κ1) is 20.6. The summed E-state index contributed by atoms with van der Waals surface area (Å²) in [6, 6.07) is 7.88. The Balaban J connectivity index is 1.74. The molecule has 0 atom stereocenters. The monoisotopic (exact) mass is 387 g/mol. The molecule has 0 saturated carbocycles. The lowest BCUT2D eigenvalue weighted by atomic mass is 10.1. The molecule has 28 heavy (non-hydrogen) atoms. The Morgan fingerprint density at radius 2 is 1.68 bits per heavy atom. The number of amides is 2. The number of hydrogen-bond donors (Lipinski definition) is 0. The molecule has 1 aromatic rings. The largest absolute Gasteiger partial charge is 0.444 e. The summed E-state index contributed by atoms with van der Waals surface area (Å²) in [4.78, 5) is 31.5. The Kier molecular flexibility index (Phi) is 6.60. The smallest absolute Gasteiger partial charge is 0.411 e. The summed E-state index contributed by atoms with van der Waals surface area (Å²) in [5.74, 6) is -0.0503. The van der Waals surface area contributed by atoms with Gasteiger partial charge in [0.15, 0.2) is 0 Å². The number of carbonyl (C=O) groups is 2. The third kappa shape index (κ3) is 5.47. The van der Waals surface area contributed by atoms with Crippen LogP contribution in [0.5, 0.6) is 0 Å². The summed E-state index contributed by atoms with van der Waals surface area (Å²) in [6.07, 6.45) is 4.62. The van der Waals surface area contributed by atoms with Gasteiger partial charge in [-0.2, -0.15) is 0 Å². The first-order valence-corrected chi connectivity index (χ1v) is 10.4. The maximum atomic E-state index is 13.1. The summed E-state index contributed by atoms with van der Waals surface area (Å²) < 4.78 is 5.51. The van der Waals surface area contributed by atoms with E-state index in [4.69, 9.17) is 4.74 Å². The molecule has 2 heterocycles. The van der Waals surface area contributed by atoms with Gasteiger partial charge in [-0.3, -0.25) is 9.69 Å². The molecule has 154 valence electrons. The normalized spacial score (nSPS) is 19.0. The highest BCUT2D eigenvalue weighted by Crippen LogP contribution is 2.26. The van der Waals surface area contributed by atoms with E-state index in [1.807, 2.05) is 49.9 Å². The Morgan fingerprint density at radius 1 is 1.00 bits per heavy atom. The van der Waals surface area contributed by atoms with Crippen LogP contribution < -0.4 is 4.90 Å². The molecule has 1 aromatic carbocycles. The van der Waals surface area contributed by atoms with E-state index >= 15 is 0 Å². The van der Waals surface area contributed by atoms with Gasteiger partial charge >= 0.3 is 6.09 Å². The Bertz CT molecular complexity index is 691. The van der Waals surface area contributed by atoms with Gasteiger partial charge in [0, 0.05) is 18.8 Å². The number of likely N-dealkylation sites (tertiary alicyclic amines) is 1. The standard InChI is InChI=1S/C22H33N3O3/c1-22(2,3)28-21(27)24-16-18-10-6-7-11-19(18)25(20(26)17-24)15-14-23-12-8-4-5-9-13-23/h6-7,10-11H,4-5,8-9,12-17H2,1-3H3. The molecule has 0 radical (unpaired) electrons. The van der Waals surface area contributed by atoms with Crippen LogP contribution in [0.25, 0.3) is 0 Å². The van der Waals surface area contributed by atoms with Gasteiger partial charge in [0.2, 0.25) is 5.91 Å². The number of carbonyl (C=O) groups excluding carboxylic acids is 2. The second kappa shape index (κ2) is 8.95. The van der Waals surface area contributed by atoms with Crippen LogP contribution in [0.1, 0.15) is 52.0 Å². The van der Waals surface area contributed by atoms with Crippen LogP contribution in [0.3, 0.4) is 0 Å². The van der Waals surface area contributed by atoms with E-state index in [0.717, 1.165) is 30.9 Å². The highest BCUT2D eigenvalue weighted by Gasteiger charge is 2.31. The summed E-state index contributed by atoms with van der Waals surface area (Å²) >= 11 is 0. The Morgan fingerprint density at radius 3 is 2.36 bits per heavy atom. The van der Waals surface area contributed by atoms with Crippen molar-refractivity contribution in [1.82, 2.24) is 9.80 Å². The van der Waals surface area contributed by atoms with E-state index in [-0.39, 0.29) is 12.5 Å². The third-order valence-electron chi connectivity index (χ3n) is 5.26. The molecule has 0 unspecified atom stereocenters. The van der Waals surface area contributed by atoms with Gasteiger partial charge in [-0.1, -0.05) is 31.0 Å². The number of rotatable bonds is 3. The number of benzene rings is 1. The maximum Gasteiger partial charge on any atom is 0.411 e. The van der Waals surface area contributed by atoms with Crippen molar-refractivity contribution in [3.63, 3.8) is 0 Å². The van der Waals surface area contributed by atoms with Crippen LogP contribution in [0.2, 0.25) is 0 Å². The lowest BCUT2D eigenvalue weighted by molar-refractivity contribution is -0.119. The molecule has 2 aliphatic heterocycles. The van der Waals surface area contributed by atoms with Crippen LogP contribution in [-0.4, -0.2) is 60.1 Å². The quantitative estimate of drug-likeness (QED) is 0.794. The van der Waals surface area contributed by atoms with Gasteiger partial charge in [0.1, 0.15) is 12.1 Å². The van der Waals surface area contributed by atoms with Crippen molar-refractivity contribution in [3.8, 4) is 0 Å². The van der Waals surface area contributed by atoms with Crippen LogP contribution in [0.15, 0.2) is 24.3 Å². The molecular weight excluding hydrogens is 354 g/mol. The molecule has 1 saturated heterocycles. The first-order valence-electron chi connectivity index (χ1n) is 10.4. The van der Waals surface area contributed by atoms with Crippen LogP contribution >= 0.6 is 0 Å². The second-order valence-electron chi connectivity index (χ2n) is 8.77. The molecule has 0 aliphatic carbocycles. The van der Waals surface area contributed by atoms with Crippen LogP contribution in [0.4, 0.5) is 10.5 Å². The summed E-state index contributed by atoms with van der Waals surface area (Å²) in [6.45, 7) is 9.68. The minimum atomic E-state index is -0.585. The molecule has 2 amide bonds. The zero-order valence-corrected chi connectivity index (χ0v) is 17.4. The predicted octanol–water partition coefficient (Wildman–Crippen LogP) is 3.65. The minimum absolute atomic E-state index is 0.0452. The van der Waals surface area contributed by atoms with Crippen molar-refractivity contribution < 1.29 is 14.3 Å². The second-order valence-corrected chi connectivity index (χ2v) is 8.77. The highest BCUT2D eigenvalue weighted by atomic mass is 16.6. The van der Waals surface area contributed by atoms with E-state index in [2.05, 4.69) is 4.90 Å². The fourth-order valence-corrected chi connectivity index (χ4v) is 3.85. The minimum Gasteiger partial charge on any atom is -0.444 e. The van der Waals surface area contributed by atoms with Gasteiger partial charge in [0.25, 0.3) is 0 Å². The number of ether oxygens (including phenoxy) is 1. The van der Waals surface area contributed by atoms with E-state index in [9.17, 15) is 9.59 Å². The van der Waals surface area contributed by atoms with Crippen molar-refractivity contribution in [1.29, 1.82) is 0 Å². The van der Waals surface area contributed by atoms with Gasteiger partial charge in [-0.25, -0.2) is 4.79 Å². The number of fused-ring (bicyclic) bond motifs is 1. The molecule has 0 bridgehead atoms. The molecular formula is C22H33N3O3. The van der Waals surface area contributed by atoms with Crippen molar-refractivity contribution >= 4 is 17.7 Å². The molecule has 6 heteroatoms. The molecule has 0 N–H and O–H groups in total. The fraction of sp³-hybridized carbons (Fsp3) is 0.636. The van der Waals surface area contributed by atoms with Crippen molar-refractivity contribution in [2.45, 2.75) is 58.6 Å². The molecule has 0 aromatic heterocycles. The first-order chi connectivity index (χ1) is 13.3. The van der Waals surface area contributed by atoms with Crippen molar-refractivity contribution in [2.75, 3.05) is 37.6 Å². The summed E-state index contributed by atoms with van der Waals surface area (Å²) in [5.41, 5.74) is 1.31. The number of hydrogen-bond acceptors (Lipinski definition) is 4. The Labute approximate surface area is 168 Å². The average Bonchev–Trinajstić information content (AvgIpc) is 2.96. The lowest BCUT2D eigenvalue weighted by Gasteiger charge is -2.27. The maximum absolute atomic E-state index is 13.1. The molecule has 6 nitrogen and oxygen atoms in total. The summed E-state index contributed by atoms with van der Waals surface area (Å²) in [7, 11) is 0. The van der Waals surface area contributed by atoms with E-state index in [1.165, 1.54) is 30.6 Å². The SMILES string of the molecule is CC(C)(C)OC(=O)N1CC(=O)N(CCN2CCCCCC2)c2ccccc2C1. The predicted molar refractivity (Wildman–Crippen MR) is 110 cm³/mol. The van der Waals surface area contributed by atoms with Gasteiger partial charge in [0.05, 0.1) is 6.54 Å². The van der Waals surface area contributed by atoms with E-state index in [1.54, 1.807) is 0 Å². The van der Waals surface area contributed by atoms with Gasteiger partial charge in [-0.05, 0) is 58.3 Å². The van der Waals surface area contributed by atoms with Crippen LogP contribution in [0, 0.1) is 0 Å². The lowest BCUT2D eigenvalue weighted by Crippen LogP contribution is -2.44. The van der Waals surface area contributed by atoms with Crippen molar-refractivity contribution in [2.24, 2.45) is 0 Å². The van der Waals surface area contributed by atoms with E-state index < -0.39 is 11.7 Å². The summed E-state index contributed by atoms with van der Waals surface area (Å²) in [5, 5.41) is 0. The third-order valence-corrected chi connectivity index (χ3v) is 5.26. The van der Waals surface area contributed by atoms with Gasteiger partial charge in [-0.15, -0.1) is 0 Å².